The number of benzene rings is 2. The quantitative estimate of drug-likeness (QED) is 0.334. The van der Waals surface area contributed by atoms with Crippen molar-refractivity contribution in [2.45, 2.75) is 32.9 Å². The summed E-state index contributed by atoms with van der Waals surface area (Å²) in [6, 6.07) is 16.1. The van der Waals surface area contributed by atoms with Gasteiger partial charge in [0.2, 0.25) is 0 Å². The molecule has 0 radical (unpaired) electrons. The fourth-order valence-corrected chi connectivity index (χ4v) is 3.65. The average molecular weight is 536 g/mol. The topological polar surface area (TPSA) is 66.0 Å². The molecule has 0 aromatic heterocycles. The van der Waals surface area contributed by atoms with Crippen molar-refractivity contribution in [3.05, 3.63) is 70.8 Å². The number of hydrogen-bond donors (Lipinski definition) is 2. The molecule has 2 N–H and O–H groups in total. The lowest BCUT2D eigenvalue weighted by atomic mass is 10.0. The van der Waals surface area contributed by atoms with Gasteiger partial charge in [-0.05, 0) is 42.2 Å². The highest BCUT2D eigenvalue weighted by atomic mass is 127. The zero-order valence-corrected chi connectivity index (χ0v) is 20.9. The van der Waals surface area contributed by atoms with Crippen molar-refractivity contribution in [2.24, 2.45) is 4.99 Å². The van der Waals surface area contributed by atoms with Gasteiger partial charge in [0.1, 0.15) is 6.10 Å². The molecule has 1 saturated heterocycles. The van der Waals surface area contributed by atoms with E-state index in [0.29, 0.717) is 25.3 Å². The van der Waals surface area contributed by atoms with Crippen LogP contribution in [0.1, 0.15) is 46.5 Å². The van der Waals surface area contributed by atoms with Crippen LogP contribution in [0.2, 0.25) is 0 Å². The number of nitrogens with one attached hydrogen (secondary N) is 2. The summed E-state index contributed by atoms with van der Waals surface area (Å²) in [5.74, 6) is 0.815. The number of carbonyl (C=O) groups is 1. The van der Waals surface area contributed by atoms with Gasteiger partial charge >= 0.3 is 0 Å². The Hall–Kier alpha value is -2.13. The molecule has 1 unspecified atom stereocenters. The summed E-state index contributed by atoms with van der Waals surface area (Å²) in [6.07, 6.45) is 0.955. The number of ether oxygens (including phenoxy) is 1. The minimum atomic E-state index is -0.0302. The Bertz CT molecular complexity index is 887. The maximum Gasteiger partial charge on any atom is 0.251 e. The highest BCUT2D eigenvalue weighted by Crippen LogP contribution is 2.25. The number of aryl methyl sites for hydroxylation is 1. The number of aliphatic imine (C=N–C) groups is 1. The smallest absolute Gasteiger partial charge is 0.251 e. The molecule has 168 valence electrons. The fraction of sp³-hybridized carbons (Fsp3) is 0.417. The summed E-state index contributed by atoms with van der Waals surface area (Å²) >= 11 is 0. The lowest BCUT2D eigenvalue weighted by Crippen LogP contribution is -2.48. The van der Waals surface area contributed by atoms with Crippen molar-refractivity contribution in [1.29, 1.82) is 0 Å². The predicted octanol–water partition coefficient (Wildman–Crippen LogP) is 3.90. The van der Waals surface area contributed by atoms with E-state index in [9.17, 15) is 4.79 Å². The highest BCUT2D eigenvalue weighted by molar-refractivity contribution is 14.0. The number of morpholine rings is 1. The van der Waals surface area contributed by atoms with Gasteiger partial charge in [-0.1, -0.05) is 43.3 Å². The largest absolute Gasteiger partial charge is 0.370 e. The molecule has 7 heteroatoms. The lowest BCUT2D eigenvalue weighted by Gasteiger charge is -2.35. The third kappa shape index (κ3) is 6.93. The van der Waals surface area contributed by atoms with E-state index in [1.165, 1.54) is 11.1 Å². The monoisotopic (exact) mass is 536 g/mol. The Morgan fingerprint density at radius 1 is 1.19 bits per heavy atom. The van der Waals surface area contributed by atoms with E-state index >= 15 is 0 Å². The predicted molar refractivity (Wildman–Crippen MR) is 136 cm³/mol. The van der Waals surface area contributed by atoms with E-state index in [2.05, 4.69) is 51.7 Å². The van der Waals surface area contributed by atoms with Crippen LogP contribution in [-0.4, -0.2) is 50.1 Å². The third-order valence-corrected chi connectivity index (χ3v) is 5.29. The molecule has 1 aliphatic rings. The summed E-state index contributed by atoms with van der Waals surface area (Å²) in [5, 5.41) is 6.36. The normalized spacial score (nSPS) is 16.4. The van der Waals surface area contributed by atoms with E-state index in [1.807, 2.05) is 31.2 Å². The van der Waals surface area contributed by atoms with Crippen LogP contribution in [0.5, 0.6) is 0 Å². The Kier molecular flexibility index (Phi) is 10.3. The summed E-state index contributed by atoms with van der Waals surface area (Å²) in [5.41, 5.74) is 4.20. The van der Waals surface area contributed by atoms with Crippen LogP contribution in [-0.2, 0) is 11.3 Å². The number of guanidine groups is 1. The molecule has 6 nitrogen and oxygen atoms in total. The van der Waals surface area contributed by atoms with Gasteiger partial charge < -0.3 is 20.3 Å². The van der Waals surface area contributed by atoms with Crippen molar-refractivity contribution in [3.8, 4) is 0 Å². The second-order valence-corrected chi connectivity index (χ2v) is 7.52. The Morgan fingerprint density at radius 3 is 2.74 bits per heavy atom. The molecule has 2 aromatic carbocycles. The summed E-state index contributed by atoms with van der Waals surface area (Å²) in [4.78, 5) is 18.9. The molecule has 0 bridgehead atoms. The number of halogens is 1. The minimum Gasteiger partial charge on any atom is -0.370 e. The number of nitrogens with zero attached hydrogens (tertiary/aromatic N) is 2. The van der Waals surface area contributed by atoms with Crippen LogP contribution >= 0.6 is 24.0 Å². The molecule has 0 aliphatic carbocycles. The average Bonchev–Trinajstić information content (AvgIpc) is 2.78. The molecule has 1 atom stereocenters. The van der Waals surface area contributed by atoms with Crippen molar-refractivity contribution >= 4 is 35.8 Å². The molecule has 1 heterocycles. The fourth-order valence-electron chi connectivity index (χ4n) is 3.65. The van der Waals surface area contributed by atoms with Crippen molar-refractivity contribution in [3.63, 3.8) is 0 Å². The Balaban J connectivity index is 0.00000341. The molecule has 0 saturated carbocycles. The number of hydrogen-bond acceptors (Lipinski definition) is 3. The zero-order chi connectivity index (χ0) is 21.3. The van der Waals surface area contributed by atoms with E-state index in [4.69, 9.17) is 4.74 Å². The Morgan fingerprint density at radius 2 is 2.00 bits per heavy atom. The van der Waals surface area contributed by atoms with Crippen molar-refractivity contribution < 1.29 is 9.53 Å². The van der Waals surface area contributed by atoms with E-state index in [1.54, 1.807) is 7.05 Å². The second kappa shape index (κ2) is 12.7. The first-order valence-corrected chi connectivity index (χ1v) is 10.6. The van der Waals surface area contributed by atoms with Crippen LogP contribution in [0.4, 0.5) is 0 Å². The van der Waals surface area contributed by atoms with Gasteiger partial charge in [-0.2, -0.15) is 0 Å². The first kappa shape index (κ1) is 25.1. The minimum absolute atomic E-state index is 0. The van der Waals surface area contributed by atoms with Gasteiger partial charge in [-0.3, -0.25) is 9.79 Å². The molecule has 1 aliphatic heterocycles. The molecule has 3 rings (SSSR count). The number of amides is 1. The van der Waals surface area contributed by atoms with Gasteiger partial charge in [-0.15, -0.1) is 24.0 Å². The summed E-state index contributed by atoms with van der Waals surface area (Å²) < 4.78 is 6.04. The van der Waals surface area contributed by atoms with Gasteiger partial charge in [-0.25, -0.2) is 0 Å². The Labute approximate surface area is 202 Å². The van der Waals surface area contributed by atoms with Gasteiger partial charge in [0.15, 0.2) is 5.96 Å². The molecule has 2 aromatic rings. The molecular formula is C24H33IN4O2. The number of rotatable bonds is 6. The molecule has 0 spiro atoms. The maximum atomic E-state index is 12.2. The first-order chi connectivity index (χ1) is 14.6. The van der Waals surface area contributed by atoms with Crippen LogP contribution < -0.4 is 10.6 Å². The molecule has 1 amide bonds. The third-order valence-electron chi connectivity index (χ3n) is 5.29. The molecule has 1 fully saturated rings. The van der Waals surface area contributed by atoms with Gasteiger partial charge in [0.25, 0.3) is 5.91 Å². The van der Waals surface area contributed by atoms with Crippen LogP contribution in [0.25, 0.3) is 0 Å². The standard InChI is InChI=1S/C24H32N4O2.HI/c1-4-12-26-23(29)20-10-7-9-19(15-20)16-27-24(25-3)28-13-14-30-22(17-28)21-11-6-5-8-18(21)2;/h5-11,15,22H,4,12-14,16-17H2,1-3H3,(H,25,27)(H,26,29);1H. The van der Waals surface area contributed by atoms with Crippen LogP contribution in [0.3, 0.4) is 0 Å². The van der Waals surface area contributed by atoms with Crippen LogP contribution in [0.15, 0.2) is 53.5 Å². The number of carbonyl (C=O) groups excluding carboxylic acids is 1. The lowest BCUT2D eigenvalue weighted by molar-refractivity contribution is -0.00834. The summed E-state index contributed by atoms with van der Waals surface area (Å²) in [7, 11) is 1.80. The molecule has 31 heavy (non-hydrogen) atoms. The van der Waals surface area contributed by atoms with Gasteiger partial charge in [0.05, 0.1) is 13.2 Å². The van der Waals surface area contributed by atoms with Crippen molar-refractivity contribution in [1.82, 2.24) is 15.5 Å². The highest BCUT2D eigenvalue weighted by Gasteiger charge is 2.25. The SMILES string of the molecule is CCCNC(=O)c1cccc(CNC(=NC)N2CCOC(c3ccccc3C)C2)c1.I. The second-order valence-electron chi connectivity index (χ2n) is 7.52. The van der Waals surface area contributed by atoms with Crippen LogP contribution in [0, 0.1) is 6.92 Å². The van der Waals surface area contributed by atoms with Crippen molar-refractivity contribution in [2.75, 3.05) is 33.3 Å². The van der Waals surface area contributed by atoms with E-state index in [-0.39, 0.29) is 36.0 Å². The van der Waals surface area contributed by atoms with E-state index < -0.39 is 0 Å². The van der Waals surface area contributed by atoms with Gasteiger partial charge in [0, 0.05) is 32.2 Å². The first-order valence-electron chi connectivity index (χ1n) is 10.6. The molecular weight excluding hydrogens is 503 g/mol. The zero-order valence-electron chi connectivity index (χ0n) is 18.6. The summed E-state index contributed by atoms with van der Waals surface area (Å²) in [6.45, 7) is 7.66. The maximum absolute atomic E-state index is 12.2. The van der Waals surface area contributed by atoms with E-state index in [0.717, 1.165) is 31.0 Å².